The first-order valence-corrected chi connectivity index (χ1v) is 10.7. The van der Waals surface area contributed by atoms with Crippen LogP contribution in [-0.4, -0.2) is 39.7 Å². The molecule has 4 rings (SSSR count). The molecule has 170 valence electrons. The van der Waals surface area contributed by atoms with Crippen LogP contribution >= 0.6 is 0 Å². The molecule has 0 saturated carbocycles. The van der Waals surface area contributed by atoms with E-state index in [0.717, 1.165) is 24.1 Å². The maximum atomic E-state index is 13.0. The van der Waals surface area contributed by atoms with E-state index in [4.69, 9.17) is 14.2 Å². The van der Waals surface area contributed by atoms with Crippen LogP contribution in [0.1, 0.15) is 32.7 Å². The van der Waals surface area contributed by atoms with E-state index in [1.54, 1.807) is 23.1 Å². The van der Waals surface area contributed by atoms with Gasteiger partial charge in [0.2, 0.25) is 5.75 Å². The zero-order valence-corrected chi connectivity index (χ0v) is 18.9. The Morgan fingerprint density at radius 3 is 2.33 bits per heavy atom. The molecule has 7 heteroatoms. The van der Waals surface area contributed by atoms with Crippen LogP contribution in [0.3, 0.4) is 0 Å². The minimum atomic E-state index is -0.333. The van der Waals surface area contributed by atoms with Crippen LogP contribution in [0.4, 0.5) is 11.4 Å². The number of benzene rings is 3. The molecular weight excluding hydrogens is 420 g/mol. The molecule has 0 saturated heterocycles. The molecule has 1 heterocycles. The fourth-order valence-corrected chi connectivity index (χ4v) is 4.10. The monoisotopic (exact) mass is 446 g/mol. The van der Waals surface area contributed by atoms with Gasteiger partial charge < -0.3 is 24.4 Å². The molecule has 0 bridgehead atoms. The van der Waals surface area contributed by atoms with Gasteiger partial charge in [0, 0.05) is 23.5 Å². The van der Waals surface area contributed by atoms with Crippen LogP contribution in [-0.2, 0) is 6.42 Å². The summed E-state index contributed by atoms with van der Waals surface area (Å²) in [5, 5.41) is 2.93. The van der Waals surface area contributed by atoms with Crippen LogP contribution in [0, 0.1) is 0 Å². The molecule has 1 aliphatic rings. The molecule has 33 heavy (non-hydrogen) atoms. The summed E-state index contributed by atoms with van der Waals surface area (Å²) in [6, 6.07) is 18.2. The van der Waals surface area contributed by atoms with Crippen LogP contribution in [0.15, 0.2) is 60.7 Å². The van der Waals surface area contributed by atoms with Crippen molar-refractivity contribution in [1.82, 2.24) is 0 Å². The van der Waals surface area contributed by atoms with E-state index in [1.165, 1.54) is 21.3 Å². The van der Waals surface area contributed by atoms with Gasteiger partial charge >= 0.3 is 0 Å². The lowest BCUT2D eigenvalue weighted by Crippen LogP contribution is -2.35. The quantitative estimate of drug-likeness (QED) is 0.601. The molecule has 3 aromatic rings. The number of carbonyl (C=O) groups excluding carboxylic acids is 2. The third-order valence-electron chi connectivity index (χ3n) is 5.67. The highest BCUT2D eigenvalue weighted by Crippen LogP contribution is 2.40. The topological polar surface area (TPSA) is 77.1 Å². The molecule has 0 aromatic heterocycles. The van der Waals surface area contributed by atoms with Crippen LogP contribution in [0.2, 0.25) is 0 Å². The summed E-state index contributed by atoms with van der Waals surface area (Å²) in [4.78, 5) is 27.9. The van der Waals surface area contributed by atoms with Crippen molar-refractivity contribution in [3.8, 4) is 17.2 Å². The van der Waals surface area contributed by atoms with E-state index in [1.807, 2.05) is 42.5 Å². The summed E-state index contributed by atoms with van der Waals surface area (Å²) in [5.74, 6) is 0.770. The Bertz CT molecular complexity index is 1180. The number of carbonyl (C=O) groups is 2. The Balaban J connectivity index is 1.59. The van der Waals surface area contributed by atoms with E-state index in [-0.39, 0.29) is 11.8 Å². The maximum Gasteiger partial charge on any atom is 0.259 e. The Labute approximate surface area is 192 Å². The highest BCUT2D eigenvalue weighted by molar-refractivity contribution is 6.08. The predicted molar refractivity (Wildman–Crippen MR) is 127 cm³/mol. The number of nitrogens with one attached hydrogen (secondary N) is 1. The largest absolute Gasteiger partial charge is 0.493 e. The summed E-state index contributed by atoms with van der Waals surface area (Å²) >= 11 is 0. The average Bonchev–Trinajstić information content (AvgIpc) is 2.87. The second-order valence-electron chi connectivity index (χ2n) is 7.61. The van der Waals surface area contributed by atoms with Crippen LogP contribution < -0.4 is 24.4 Å². The predicted octanol–water partition coefficient (Wildman–Crippen LogP) is 4.56. The molecule has 7 nitrogen and oxygen atoms in total. The number of fused-ring (bicyclic) bond motifs is 1. The van der Waals surface area contributed by atoms with Gasteiger partial charge in [-0.05, 0) is 60.9 Å². The number of anilines is 2. The van der Waals surface area contributed by atoms with E-state index in [2.05, 4.69) is 5.32 Å². The molecule has 2 amide bonds. The van der Waals surface area contributed by atoms with Crippen molar-refractivity contribution in [2.45, 2.75) is 12.8 Å². The summed E-state index contributed by atoms with van der Waals surface area (Å²) in [5.41, 5.74) is 3.51. The third kappa shape index (κ3) is 4.35. The first-order valence-electron chi connectivity index (χ1n) is 10.7. The minimum absolute atomic E-state index is 0.0246. The number of ether oxygens (including phenoxy) is 3. The van der Waals surface area contributed by atoms with Crippen molar-refractivity contribution < 1.29 is 23.8 Å². The third-order valence-corrected chi connectivity index (χ3v) is 5.67. The molecule has 1 N–H and O–H groups in total. The summed E-state index contributed by atoms with van der Waals surface area (Å²) in [7, 11) is 4.50. The minimum Gasteiger partial charge on any atom is -0.493 e. The molecule has 0 fully saturated rings. The molecule has 0 unspecified atom stereocenters. The Hall–Kier alpha value is -4.00. The van der Waals surface area contributed by atoms with E-state index in [9.17, 15) is 9.59 Å². The van der Waals surface area contributed by atoms with Crippen LogP contribution in [0.25, 0.3) is 0 Å². The van der Waals surface area contributed by atoms with E-state index < -0.39 is 0 Å². The van der Waals surface area contributed by atoms with Gasteiger partial charge in [-0.25, -0.2) is 0 Å². The van der Waals surface area contributed by atoms with Gasteiger partial charge in [0.05, 0.1) is 26.9 Å². The van der Waals surface area contributed by atoms with Crippen molar-refractivity contribution in [1.29, 1.82) is 0 Å². The Kier molecular flexibility index (Phi) is 6.49. The number of hydrogen-bond acceptors (Lipinski definition) is 5. The standard InChI is InChI=1S/C26H26N2O5/c1-31-22-14-12-20(23(32-2)24(22)33-3)25(29)27-19-11-13-21-18(16-19)10-7-15-28(21)26(30)17-8-5-4-6-9-17/h4-6,8-9,11-14,16H,7,10,15H2,1-3H3,(H,27,29). The number of hydrogen-bond donors (Lipinski definition) is 1. The molecule has 0 radical (unpaired) electrons. The Morgan fingerprint density at radius 2 is 1.64 bits per heavy atom. The number of methoxy groups -OCH3 is 3. The fourth-order valence-electron chi connectivity index (χ4n) is 4.10. The van der Waals surface area contributed by atoms with Crippen molar-refractivity contribution in [2.75, 3.05) is 38.1 Å². The van der Waals surface area contributed by atoms with Crippen molar-refractivity contribution in [2.24, 2.45) is 0 Å². The Morgan fingerprint density at radius 1 is 0.879 bits per heavy atom. The molecular formula is C26H26N2O5. The van der Waals surface area contributed by atoms with Crippen LogP contribution in [0.5, 0.6) is 17.2 Å². The van der Waals surface area contributed by atoms with Crippen molar-refractivity contribution in [3.63, 3.8) is 0 Å². The van der Waals surface area contributed by atoms with Gasteiger partial charge in [0.1, 0.15) is 0 Å². The number of nitrogens with zero attached hydrogens (tertiary/aromatic N) is 1. The highest BCUT2D eigenvalue weighted by atomic mass is 16.5. The van der Waals surface area contributed by atoms with E-state index in [0.29, 0.717) is 40.6 Å². The molecule has 0 atom stereocenters. The normalized spacial score (nSPS) is 12.5. The van der Waals surface area contributed by atoms with Gasteiger partial charge in [-0.2, -0.15) is 0 Å². The zero-order chi connectivity index (χ0) is 23.4. The first-order chi connectivity index (χ1) is 16.1. The van der Waals surface area contributed by atoms with Crippen molar-refractivity contribution >= 4 is 23.2 Å². The summed E-state index contributed by atoms with van der Waals surface area (Å²) in [6.45, 7) is 0.662. The number of amides is 2. The second-order valence-corrected chi connectivity index (χ2v) is 7.61. The molecule has 0 aliphatic carbocycles. The van der Waals surface area contributed by atoms with Gasteiger partial charge in [0.15, 0.2) is 11.5 Å². The SMILES string of the molecule is COc1ccc(C(=O)Nc2ccc3c(c2)CCCN3C(=O)c2ccccc2)c(OC)c1OC. The summed E-state index contributed by atoms with van der Waals surface area (Å²) in [6.07, 6.45) is 1.68. The van der Waals surface area contributed by atoms with Gasteiger partial charge in [-0.3, -0.25) is 9.59 Å². The molecule has 1 aliphatic heterocycles. The lowest BCUT2D eigenvalue weighted by atomic mass is 9.99. The van der Waals surface area contributed by atoms with Gasteiger partial charge in [0.25, 0.3) is 11.8 Å². The second kappa shape index (κ2) is 9.65. The highest BCUT2D eigenvalue weighted by Gasteiger charge is 2.25. The average molecular weight is 447 g/mol. The van der Waals surface area contributed by atoms with Crippen molar-refractivity contribution in [3.05, 3.63) is 77.4 Å². The molecule has 3 aromatic carbocycles. The van der Waals surface area contributed by atoms with Gasteiger partial charge in [-0.15, -0.1) is 0 Å². The molecule has 0 spiro atoms. The zero-order valence-electron chi connectivity index (χ0n) is 18.9. The number of aryl methyl sites for hydroxylation is 1. The lowest BCUT2D eigenvalue weighted by Gasteiger charge is -2.30. The lowest BCUT2D eigenvalue weighted by molar-refractivity contribution is 0.0983. The fraction of sp³-hybridized carbons (Fsp3) is 0.231. The number of rotatable bonds is 6. The first kappa shape index (κ1) is 22.2. The van der Waals surface area contributed by atoms with E-state index >= 15 is 0 Å². The summed E-state index contributed by atoms with van der Waals surface area (Å²) < 4.78 is 16.1. The smallest absolute Gasteiger partial charge is 0.259 e. The van der Waals surface area contributed by atoms with Gasteiger partial charge in [-0.1, -0.05) is 18.2 Å². The maximum absolute atomic E-state index is 13.0.